The lowest BCUT2D eigenvalue weighted by molar-refractivity contribution is -0.132. The minimum absolute atomic E-state index is 0.0331. The number of rotatable bonds is 6. The zero-order valence-electron chi connectivity index (χ0n) is 13.8. The summed E-state index contributed by atoms with van der Waals surface area (Å²) >= 11 is 0. The van der Waals surface area contributed by atoms with E-state index in [-0.39, 0.29) is 12.5 Å². The van der Waals surface area contributed by atoms with Crippen LogP contribution in [0.1, 0.15) is 12.2 Å². The van der Waals surface area contributed by atoms with Crippen molar-refractivity contribution in [1.82, 2.24) is 19.8 Å². The van der Waals surface area contributed by atoms with Crippen LogP contribution in [-0.2, 0) is 11.3 Å². The Hall–Kier alpha value is -2.47. The van der Waals surface area contributed by atoms with Gasteiger partial charge in [0.1, 0.15) is 11.6 Å². The number of hydrogen-bond acceptors (Lipinski definition) is 5. The van der Waals surface area contributed by atoms with Crippen molar-refractivity contribution in [2.24, 2.45) is 0 Å². The lowest BCUT2D eigenvalue weighted by Gasteiger charge is -2.24. The van der Waals surface area contributed by atoms with Gasteiger partial charge in [-0.05, 0) is 31.7 Å². The summed E-state index contributed by atoms with van der Waals surface area (Å²) in [5.41, 5.74) is 0. The van der Waals surface area contributed by atoms with Gasteiger partial charge in [-0.3, -0.25) is 9.69 Å². The molecule has 1 saturated heterocycles. The molecule has 2 aromatic rings. The average Bonchev–Trinajstić information content (AvgIpc) is 3.12. The van der Waals surface area contributed by atoms with E-state index in [1.54, 1.807) is 12.4 Å². The average molecular weight is 326 g/mol. The summed E-state index contributed by atoms with van der Waals surface area (Å²) in [5, 5.41) is 0. The Morgan fingerprint density at radius 3 is 2.75 bits per heavy atom. The van der Waals surface area contributed by atoms with E-state index in [0.29, 0.717) is 12.6 Å². The van der Waals surface area contributed by atoms with Crippen molar-refractivity contribution in [1.29, 1.82) is 0 Å². The van der Waals surface area contributed by atoms with Gasteiger partial charge in [0, 0.05) is 31.5 Å². The first kappa shape index (κ1) is 16.4. The van der Waals surface area contributed by atoms with E-state index < -0.39 is 0 Å². The molecule has 126 valence electrons. The lowest BCUT2D eigenvalue weighted by atomic mass is 10.2. The molecule has 24 heavy (non-hydrogen) atoms. The van der Waals surface area contributed by atoms with Crippen LogP contribution in [0.5, 0.6) is 5.75 Å². The topological polar surface area (TPSA) is 58.6 Å². The molecule has 0 bridgehead atoms. The number of nitrogens with zero attached hydrogens (tertiary/aromatic N) is 4. The Bertz CT molecular complexity index is 651. The first-order chi connectivity index (χ1) is 11.7. The van der Waals surface area contributed by atoms with Gasteiger partial charge in [0.2, 0.25) is 0 Å². The number of carbonyl (C=O) groups is 1. The number of aromatic nitrogens is 2. The van der Waals surface area contributed by atoms with Crippen LogP contribution in [0.15, 0.2) is 48.8 Å². The van der Waals surface area contributed by atoms with Gasteiger partial charge in [0.25, 0.3) is 5.91 Å². The molecule has 6 nitrogen and oxygen atoms in total. The van der Waals surface area contributed by atoms with Crippen molar-refractivity contribution in [3.63, 3.8) is 0 Å². The second kappa shape index (κ2) is 7.88. The molecule has 0 spiro atoms. The summed E-state index contributed by atoms with van der Waals surface area (Å²) in [5.74, 6) is 1.56. The molecule has 0 N–H and O–H groups in total. The van der Waals surface area contributed by atoms with E-state index in [2.05, 4.69) is 21.9 Å². The molecule has 1 aromatic carbocycles. The molecule has 1 aliphatic rings. The highest BCUT2D eigenvalue weighted by Crippen LogP contribution is 2.16. The zero-order chi connectivity index (χ0) is 16.8. The third kappa shape index (κ3) is 4.29. The fraction of sp³-hybridized carbons (Fsp3) is 0.389. The Balaban J connectivity index is 1.46. The van der Waals surface area contributed by atoms with Crippen molar-refractivity contribution in [3.05, 3.63) is 54.6 Å². The van der Waals surface area contributed by atoms with Gasteiger partial charge in [-0.15, -0.1) is 0 Å². The molecule has 1 aromatic heterocycles. The number of benzene rings is 1. The van der Waals surface area contributed by atoms with Gasteiger partial charge < -0.3 is 9.64 Å². The third-order valence-corrected chi connectivity index (χ3v) is 4.26. The Morgan fingerprint density at radius 2 is 2.00 bits per heavy atom. The first-order valence-electron chi connectivity index (χ1n) is 8.14. The van der Waals surface area contributed by atoms with Crippen LogP contribution in [0.25, 0.3) is 0 Å². The highest BCUT2D eigenvalue weighted by Gasteiger charge is 2.29. The standard InChI is InChI=1S/C18H22N4O2/c1-21(13-17-19-9-5-10-20-17)15-8-11-22(12-15)18(23)14-24-16-6-3-2-4-7-16/h2-7,9-10,15H,8,11-14H2,1H3/t15-/m1/s1. The minimum Gasteiger partial charge on any atom is -0.484 e. The van der Waals surface area contributed by atoms with E-state index in [9.17, 15) is 4.79 Å². The molecule has 2 heterocycles. The fourth-order valence-corrected chi connectivity index (χ4v) is 2.84. The van der Waals surface area contributed by atoms with E-state index in [4.69, 9.17) is 4.74 Å². The monoisotopic (exact) mass is 326 g/mol. The summed E-state index contributed by atoms with van der Waals surface area (Å²) in [6.07, 6.45) is 4.46. The van der Waals surface area contributed by atoms with E-state index >= 15 is 0 Å². The van der Waals surface area contributed by atoms with E-state index in [0.717, 1.165) is 31.1 Å². The van der Waals surface area contributed by atoms with E-state index in [1.807, 2.05) is 41.3 Å². The van der Waals surface area contributed by atoms with Crippen molar-refractivity contribution in [2.75, 3.05) is 26.7 Å². The highest BCUT2D eigenvalue weighted by atomic mass is 16.5. The second-order valence-corrected chi connectivity index (χ2v) is 5.96. The van der Waals surface area contributed by atoms with Crippen LogP contribution in [0.3, 0.4) is 0 Å². The van der Waals surface area contributed by atoms with Gasteiger partial charge in [0.05, 0.1) is 6.54 Å². The minimum atomic E-state index is 0.0331. The van der Waals surface area contributed by atoms with Crippen molar-refractivity contribution in [2.45, 2.75) is 19.0 Å². The van der Waals surface area contributed by atoms with Crippen molar-refractivity contribution < 1.29 is 9.53 Å². The third-order valence-electron chi connectivity index (χ3n) is 4.26. The number of carbonyl (C=O) groups excluding carboxylic acids is 1. The second-order valence-electron chi connectivity index (χ2n) is 5.96. The Morgan fingerprint density at radius 1 is 1.25 bits per heavy atom. The number of para-hydroxylation sites is 1. The van der Waals surface area contributed by atoms with Gasteiger partial charge in [-0.25, -0.2) is 9.97 Å². The summed E-state index contributed by atoms with van der Waals surface area (Å²) in [7, 11) is 2.05. The number of likely N-dealkylation sites (N-methyl/N-ethyl adjacent to an activating group) is 1. The lowest BCUT2D eigenvalue weighted by Crippen LogP contribution is -2.38. The fourth-order valence-electron chi connectivity index (χ4n) is 2.84. The van der Waals surface area contributed by atoms with Crippen LogP contribution >= 0.6 is 0 Å². The maximum atomic E-state index is 12.3. The molecule has 1 fully saturated rings. The molecule has 1 aliphatic heterocycles. The SMILES string of the molecule is CN(Cc1ncccn1)[C@@H]1CCN(C(=O)COc2ccccc2)C1. The van der Waals surface area contributed by atoms with Gasteiger partial charge in [0.15, 0.2) is 6.61 Å². The molecular formula is C18H22N4O2. The Labute approximate surface area is 142 Å². The molecular weight excluding hydrogens is 304 g/mol. The maximum absolute atomic E-state index is 12.3. The van der Waals surface area contributed by atoms with Crippen molar-refractivity contribution in [3.8, 4) is 5.75 Å². The predicted molar refractivity (Wildman–Crippen MR) is 90.4 cm³/mol. The van der Waals surface area contributed by atoms with Crippen molar-refractivity contribution >= 4 is 5.91 Å². The molecule has 0 unspecified atom stereocenters. The Kier molecular flexibility index (Phi) is 5.38. The smallest absolute Gasteiger partial charge is 0.260 e. The first-order valence-corrected chi connectivity index (χ1v) is 8.14. The normalized spacial score (nSPS) is 17.2. The molecule has 1 amide bonds. The number of likely N-dealkylation sites (tertiary alicyclic amines) is 1. The van der Waals surface area contributed by atoms with Gasteiger partial charge in [-0.2, -0.15) is 0 Å². The van der Waals surface area contributed by atoms with Crippen LogP contribution in [0.4, 0.5) is 0 Å². The molecule has 3 rings (SSSR count). The number of ether oxygens (including phenoxy) is 1. The number of hydrogen-bond donors (Lipinski definition) is 0. The summed E-state index contributed by atoms with van der Waals surface area (Å²) in [6, 6.07) is 11.6. The van der Waals surface area contributed by atoms with Crippen LogP contribution in [0.2, 0.25) is 0 Å². The quantitative estimate of drug-likeness (QED) is 0.807. The summed E-state index contributed by atoms with van der Waals surface area (Å²) in [4.78, 5) is 24.9. The molecule has 6 heteroatoms. The van der Waals surface area contributed by atoms with Crippen LogP contribution in [-0.4, -0.2) is 58.5 Å². The van der Waals surface area contributed by atoms with Crippen LogP contribution in [0, 0.1) is 0 Å². The zero-order valence-corrected chi connectivity index (χ0v) is 13.8. The van der Waals surface area contributed by atoms with Gasteiger partial charge >= 0.3 is 0 Å². The summed E-state index contributed by atoms with van der Waals surface area (Å²) in [6.45, 7) is 2.26. The molecule has 0 saturated carbocycles. The maximum Gasteiger partial charge on any atom is 0.260 e. The largest absolute Gasteiger partial charge is 0.484 e. The van der Waals surface area contributed by atoms with E-state index in [1.165, 1.54) is 0 Å². The highest BCUT2D eigenvalue weighted by molar-refractivity contribution is 5.78. The summed E-state index contributed by atoms with van der Waals surface area (Å²) < 4.78 is 5.55. The number of amides is 1. The molecule has 1 atom stereocenters. The molecule has 0 aliphatic carbocycles. The predicted octanol–water partition coefficient (Wildman–Crippen LogP) is 1.59. The molecule has 0 radical (unpaired) electrons. The van der Waals surface area contributed by atoms with Gasteiger partial charge in [-0.1, -0.05) is 18.2 Å². The van der Waals surface area contributed by atoms with Crippen LogP contribution < -0.4 is 4.74 Å².